The minimum atomic E-state index is -0.334. The summed E-state index contributed by atoms with van der Waals surface area (Å²) in [7, 11) is -0.334. The van der Waals surface area contributed by atoms with Gasteiger partial charge in [-0.1, -0.05) is 101 Å². The standard InChI is InChI=1S/C26H26N4.C19H25BN2O2.C13H13BrN2/c1-15-17(3)27-19(5)29-25(15)23-11-7-21(8-12-23)22-9-13-24(14-10-22)26-16(2)18(4)28-20(6)30-26;1-12-13(2)21-14(3)22-17(12)15-8-10-16(11-9-15)20-23-18(4,5)19(6,7)24-20;1-8-9(2)15-10(3)16-13(8)11-4-6-12(14)7-5-11/h7-14H,1-6H3;8-11H,1-7H3;4-7H,1-3H3. The summed E-state index contributed by atoms with van der Waals surface area (Å²) >= 11 is 3.43. The molecule has 0 atom stereocenters. The van der Waals surface area contributed by atoms with Gasteiger partial charge in [-0.15, -0.1) is 0 Å². The van der Waals surface area contributed by atoms with E-state index in [1.54, 1.807) is 0 Å². The van der Waals surface area contributed by atoms with E-state index in [9.17, 15) is 0 Å². The highest BCUT2D eigenvalue weighted by molar-refractivity contribution is 9.10. The van der Waals surface area contributed by atoms with Gasteiger partial charge in [-0.2, -0.15) is 0 Å². The number of hydrogen-bond acceptors (Lipinski definition) is 10. The predicted molar refractivity (Wildman–Crippen MR) is 289 cm³/mol. The Morgan fingerprint density at radius 2 is 0.557 bits per heavy atom. The number of rotatable bonds is 6. The molecule has 358 valence electrons. The van der Waals surface area contributed by atoms with E-state index in [0.717, 1.165) is 123 Å². The molecule has 1 aliphatic heterocycles. The fourth-order valence-electron chi connectivity index (χ4n) is 8.22. The van der Waals surface area contributed by atoms with Crippen LogP contribution in [0.5, 0.6) is 0 Å². The predicted octanol–water partition coefficient (Wildman–Crippen LogP) is 13.3. The van der Waals surface area contributed by atoms with Gasteiger partial charge in [0, 0.05) is 49.5 Å². The lowest BCUT2D eigenvalue weighted by Crippen LogP contribution is -2.41. The third-order valence-electron chi connectivity index (χ3n) is 13.5. The van der Waals surface area contributed by atoms with Crippen molar-refractivity contribution in [3.63, 3.8) is 0 Å². The molecule has 8 aromatic rings. The van der Waals surface area contributed by atoms with Crippen molar-refractivity contribution < 1.29 is 9.31 Å². The van der Waals surface area contributed by atoms with Crippen LogP contribution in [-0.4, -0.2) is 58.2 Å². The summed E-state index contributed by atoms with van der Waals surface area (Å²) < 4.78 is 13.3. The first-order chi connectivity index (χ1) is 33.0. The maximum absolute atomic E-state index is 6.11. The molecular weight excluding hydrogens is 931 g/mol. The molecule has 0 radical (unpaired) electrons. The van der Waals surface area contributed by atoms with Gasteiger partial charge in [-0.25, -0.2) is 39.9 Å². The Bertz CT molecular complexity index is 3060. The molecule has 1 aliphatic rings. The van der Waals surface area contributed by atoms with E-state index in [4.69, 9.17) is 9.31 Å². The number of aromatic nitrogens is 8. The average molecular weight is 996 g/mol. The minimum Gasteiger partial charge on any atom is -0.399 e. The van der Waals surface area contributed by atoms with E-state index >= 15 is 0 Å². The van der Waals surface area contributed by atoms with Crippen LogP contribution in [0.4, 0.5) is 0 Å². The second kappa shape index (κ2) is 20.9. The van der Waals surface area contributed by atoms with Crippen LogP contribution in [0.3, 0.4) is 0 Å². The van der Waals surface area contributed by atoms with Crippen molar-refractivity contribution in [2.45, 2.75) is 122 Å². The third-order valence-corrected chi connectivity index (χ3v) is 14.0. The zero-order valence-corrected chi connectivity index (χ0v) is 45.2. The van der Waals surface area contributed by atoms with Crippen LogP contribution < -0.4 is 5.46 Å². The second-order valence-corrected chi connectivity index (χ2v) is 20.1. The Labute approximate surface area is 423 Å². The average Bonchev–Trinajstić information content (AvgIpc) is 3.54. The minimum absolute atomic E-state index is 0.326. The van der Waals surface area contributed by atoms with E-state index in [-0.39, 0.29) is 18.3 Å². The maximum Gasteiger partial charge on any atom is 0.494 e. The highest BCUT2D eigenvalue weighted by Crippen LogP contribution is 2.37. The van der Waals surface area contributed by atoms with Crippen LogP contribution in [0, 0.1) is 83.1 Å². The van der Waals surface area contributed by atoms with Crippen molar-refractivity contribution in [1.29, 1.82) is 0 Å². The monoisotopic (exact) mass is 994 g/mol. The highest BCUT2D eigenvalue weighted by atomic mass is 79.9. The SMILES string of the molecule is Cc1nc(C)c(C)c(-c2ccc(-c3ccc(-c4nc(C)nc(C)c4C)cc3)cc2)n1.Cc1nc(C)c(C)c(-c2ccc(B3OC(C)(C)C(C)(C)O3)cc2)n1.Cc1nc(C)c(C)c(-c2ccc(Br)cc2)n1. The molecule has 0 aliphatic carbocycles. The van der Waals surface area contributed by atoms with E-state index < -0.39 is 0 Å². The lowest BCUT2D eigenvalue weighted by molar-refractivity contribution is 0.00578. The molecule has 4 aromatic heterocycles. The molecule has 5 heterocycles. The highest BCUT2D eigenvalue weighted by Gasteiger charge is 2.51. The second-order valence-electron chi connectivity index (χ2n) is 19.2. The summed E-state index contributed by atoms with van der Waals surface area (Å²) in [6, 6.07) is 33.6. The van der Waals surface area contributed by atoms with E-state index in [1.807, 2.05) is 67.5 Å². The number of aryl methyl sites for hydroxylation is 8. The summed E-state index contributed by atoms with van der Waals surface area (Å²) in [5, 5.41) is 0. The summed E-state index contributed by atoms with van der Waals surface area (Å²) in [5.74, 6) is 3.22. The Morgan fingerprint density at radius 1 is 0.329 bits per heavy atom. The Morgan fingerprint density at radius 3 is 0.829 bits per heavy atom. The first kappa shape index (κ1) is 51.5. The lowest BCUT2D eigenvalue weighted by Gasteiger charge is -2.32. The van der Waals surface area contributed by atoms with Gasteiger partial charge in [-0.3, -0.25) is 0 Å². The molecule has 0 spiro atoms. The van der Waals surface area contributed by atoms with Gasteiger partial charge in [0.2, 0.25) is 0 Å². The fraction of sp³-hybridized carbons (Fsp3) is 0.310. The van der Waals surface area contributed by atoms with Crippen molar-refractivity contribution in [3.05, 3.63) is 170 Å². The van der Waals surface area contributed by atoms with Crippen molar-refractivity contribution in [3.8, 4) is 56.2 Å². The molecule has 10 nitrogen and oxygen atoms in total. The lowest BCUT2D eigenvalue weighted by atomic mass is 9.78. The van der Waals surface area contributed by atoms with Crippen molar-refractivity contribution >= 4 is 28.5 Å². The normalized spacial score (nSPS) is 13.6. The number of benzene rings is 4. The molecular formula is C58H64BBrN8O2. The Balaban J connectivity index is 0.000000162. The zero-order valence-electron chi connectivity index (χ0n) is 43.6. The van der Waals surface area contributed by atoms with Gasteiger partial charge in [0.25, 0.3) is 0 Å². The van der Waals surface area contributed by atoms with Crippen LogP contribution in [0.15, 0.2) is 102 Å². The molecule has 9 rings (SSSR count). The van der Waals surface area contributed by atoms with E-state index in [2.05, 4.69) is 196 Å². The first-order valence-corrected chi connectivity index (χ1v) is 24.5. The smallest absolute Gasteiger partial charge is 0.399 e. The maximum atomic E-state index is 6.11. The molecule has 4 aromatic carbocycles. The largest absolute Gasteiger partial charge is 0.494 e. The third kappa shape index (κ3) is 11.5. The van der Waals surface area contributed by atoms with Crippen LogP contribution in [0.1, 0.15) is 96.0 Å². The summed E-state index contributed by atoms with van der Waals surface area (Å²) in [6.07, 6.45) is 0. The van der Waals surface area contributed by atoms with Gasteiger partial charge >= 0.3 is 7.12 Å². The van der Waals surface area contributed by atoms with E-state index in [1.165, 1.54) is 11.1 Å². The van der Waals surface area contributed by atoms with Crippen LogP contribution in [-0.2, 0) is 9.31 Å². The summed E-state index contributed by atoms with van der Waals surface area (Å²) in [6.45, 7) is 32.4. The Kier molecular flexibility index (Phi) is 15.4. The molecule has 0 bridgehead atoms. The fourth-order valence-corrected chi connectivity index (χ4v) is 8.49. The van der Waals surface area contributed by atoms with Crippen molar-refractivity contribution in [2.24, 2.45) is 0 Å². The van der Waals surface area contributed by atoms with Gasteiger partial charge in [0.1, 0.15) is 23.3 Å². The van der Waals surface area contributed by atoms with Crippen LogP contribution in [0.25, 0.3) is 56.2 Å². The van der Waals surface area contributed by atoms with Crippen LogP contribution >= 0.6 is 15.9 Å². The van der Waals surface area contributed by atoms with Crippen LogP contribution in [0.2, 0.25) is 0 Å². The summed E-state index contributed by atoms with van der Waals surface area (Å²) in [4.78, 5) is 36.1. The molecule has 12 heteroatoms. The number of nitrogens with zero attached hydrogens (tertiary/aromatic N) is 8. The zero-order chi connectivity index (χ0) is 50.8. The van der Waals surface area contributed by atoms with Gasteiger partial charge in [0.05, 0.1) is 34.0 Å². The summed E-state index contributed by atoms with van der Waals surface area (Å²) in [5.41, 5.74) is 19.8. The quantitative estimate of drug-likeness (QED) is 0.149. The Hall–Kier alpha value is -6.34. The molecule has 0 N–H and O–H groups in total. The number of halogens is 1. The first-order valence-electron chi connectivity index (χ1n) is 23.7. The van der Waals surface area contributed by atoms with Gasteiger partial charge < -0.3 is 9.31 Å². The van der Waals surface area contributed by atoms with Crippen molar-refractivity contribution in [1.82, 2.24) is 39.9 Å². The molecule has 0 amide bonds. The topological polar surface area (TPSA) is 122 Å². The van der Waals surface area contributed by atoms with Crippen molar-refractivity contribution in [2.75, 3.05) is 0 Å². The number of hydrogen-bond donors (Lipinski definition) is 0. The molecule has 1 saturated heterocycles. The molecule has 0 unspecified atom stereocenters. The molecule has 1 fully saturated rings. The van der Waals surface area contributed by atoms with Gasteiger partial charge in [-0.05, 0) is 162 Å². The molecule has 0 saturated carbocycles. The molecule has 70 heavy (non-hydrogen) atoms. The van der Waals surface area contributed by atoms with E-state index in [0.29, 0.717) is 0 Å². The van der Waals surface area contributed by atoms with Gasteiger partial charge in [0.15, 0.2) is 0 Å².